The second-order valence-electron chi connectivity index (χ2n) is 7.77. The minimum atomic E-state index is -0.0389. The molecule has 0 heterocycles. The Balaban J connectivity index is 2.62. The van der Waals surface area contributed by atoms with E-state index in [9.17, 15) is 0 Å². The first kappa shape index (κ1) is 19.2. The molecule has 0 aliphatic heterocycles. The van der Waals surface area contributed by atoms with E-state index in [4.69, 9.17) is 0 Å². The molecule has 0 fully saturated rings. The summed E-state index contributed by atoms with van der Waals surface area (Å²) in [6.45, 7) is 21.4. The van der Waals surface area contributed by atoms with Gasteiger partial charge in [0.15, 0.2) is 0 Å². The molecule has 0 saturated heterocycles. The molecule has 2 aromatic carbocycles. The first-order chi connectivity index (χ1) is 11.7. The van der Waals surface area contributed by atoms with Gasteiger partial charge < -0.3 is 0 Å². The van der Waals surface area contributed by atoms with Gasteiger partial charge in [-0.2, -0.15) is 0 Å². The van der Waals surface area contributed by atoms with Crippen LogP contribution in [0, 0.1) is 27.7 Å². The van der Waals surface area contributed by atoms with Crippen LogP contribution >= 0.6 is 0 Å². The van der Waals surface area contributed by atoms with E-state index in [1.54, 1.807) is 0 Å². The van der Waals surface area contributed by atoms with E-state index >= 15 is 0 Å². The van der Waals surface area contributed by atoms with Crippen LogP contribution in [0.25, 0.3) is 0 Å². The molecule has 0 radical (unpaired) electrons. The molecule has 0 aromatic heterocycles. The molecular formula is C25H32. The third kappa shape index (κ3) is 3.79. The van der Waals surface area contributed by atoms with Gasteiger partial charge in [0.1, 0.15) is 0 Å². The highest BCUT2D eigenvalue weighted by Crippen LogP contribution is 2.35. The van der Waals surface area contributed by atoms with E-state index in [0.717, 1.165) is 12.8 Å². The Kier molecular flexibility index (Phi) is 5.72. The summed E-state index contributed by atoms with van der Waals surface area (Å²) in [5.74, 6) is 0. The van der Waals surface area contributed by atoms with Crippen molar-refractivity contribution >= 4 is 0 Å². The second-order valence-corrected chi connectivity index (χ2v) is 7.77. The van der Waals surface area contributed by atoms with Crippen molar-refractivity contribution in [2.24, 2.45) is 0 Å². The van der Waals surface area contributed by atoms with Crippen LogP contribution < -0.4 is 0 Å². The number of aryl methyl sites for hydroxylation is 2. The van der Waals surface area contributed by atoms with Gasteiger partial charge in [0.2, 0.25) is 0 Å². The van der Waals surface area contributed by atoms with Gasteiger partial charge in [0, 0.05) is 5.41 Å². The molecular weight excluding hydrogens is 300 g/mol. The zero-order valence-corrected chi connectivity index (χ0v) is 16.8. The number of benzene rings is 2. The number of hydrogen-bond acceptors (Lipinski definition) is 0. The zero-order valence-electron chi connectivity index (χ0n) is 16.8. The minimum absolute atomic E-state index is 0.0389. The third-order valence-corrected chi connectivity index (χ3v) is 5.72. The van der Waals surface area contributed by atoms with Gasteiger partial charge in [0.05, 0.1) is 0 Å². The van der Waals surface area contributed by atoms with E-state index in [2.05, 4.69) is 79.0 Å². The summed E-state index contributed by atoms with van der Waals surface area (Å²) >= 11 is 0. The fourth-order valence-corrected chi connectivity index (χ4v) is 3.49. The molecule has 25 heavy (non-hydrogen) atoms. The highest BCUT2D eigenvalue weighted by atomic mass is 14.3. The maximum absolute atomic E-state index is 3.92. The molecule has 0 aliphatic rings. The Morgan fingerprint density at radius 1 is 0.720 bits per heavy atom. The third-order valence-electron chi connectivity index (χ3n) is 5.72. The second kappa shape index (κ2) is 7.44. The lowest BCUT2D eigenvalue weighted by atomic mass is 9.75. The van der Waals surface area contributed by atoms with Gasteiger partial charge in [-0.25, -0.2) is 0 Å². The molecule has 0 bridgehead atoms. The normalized spacial score (nSPS) is 11.4. The van der Waals surface area contributed by atoms with Crippen LogP contribution in [0.1, 0.15) is 58.4 Å². The predicted molar refractivity (Wildman–Crippen MR) is 112 cm³/mol. The summed E-state index contributed by atoms with van der Waals surface area (Å²) in [6.07, 6.45) is 5.84. The van der Waals surface area contributed by atoms with Crippen LogP contribution in [0.2, 0.25) is 0 Å². The largest absolute Gasteiger partial charge is 0.103 e. The van der Waals surface area contributed by atoms with Crippen LogP contribution in [0.15, 0.2) is 49.6 Å². The van der Waals surface area contributed by atoms with Gasteiger partial charge in [0.25, 0.3) is 0 Å². The Morgan fingerprint density at radius 3 is 1.40 bits per heavy atom. The van der Waals surface area contributed by atoms with Crippen molar-refractivity contribution in [1.82, 2.24) is 0 Å². The molecule has 0 spiro atoms. The number of hydrogen-bond donors (Lipinski definition) is 0. The average Bonchev–Trinajstić information content (AvgIpc) is 2.55. The summed E-state index contributed by atoms with van der Waals surface area (Å²) in [5.41, 5.74) is 11.0. The first-order valence-electron chi connectivity index (χ1n) is 9.15. The van der Waals surface area contributed by atoms with Crippen LogP contribution in [-0.2, 0) is 18.3 Å². The molecule has 2 aromatic rings. The maximum atomic E-state index is 3.92. The Hall–Kier alpha value is -2.08. The molecule has 0 saturated carbocycles. The average molecular weight is 333 g/mol. The summed E-state index contributed by atoms with van der Waals surface area (Å²) in [7, 11) is 0. The Bertz CT molecular complexity index is 736. The molecule has 0 amide bonds. The lowest BCUT2D eigenvalue weighted by Gasteiger charge is -2.29. The van der Waals surface area contributed by atoms with Crippen molar-refractivity contribution in [3.8, 4) is 0 Å². The topological polar surface area (TPSA) is 0 Å². The van der Waals surface area contributed by atoms with E-state index in [-0.39, 0.29) is 5.41 Å². The highest BCUT2D eigenvalue weighted by molar-refractivity contribution is 5.49. The fourth-order valence-electron chi connectivity index (χ4n) is 3.49. The SMILES string of the molecule is C=CCc1cc(C(C)(C)c2cc(C)c(C)c(CC=C)c2)cc(C)c1C. The minimum Gasteiger partial charge on any atom is -0.103 e. The monoisotopic (exact) mass is 332 g/mol. The number of allylic oxidation sites excluding steroid dienone is 2. The zero-order chi connectivity index (χ0) is 18.8. The summed E-state index contributed by atoms with van der Waals surface area (Å²) in [4.78, 5) is 0. The molecule has 0 atom stereocenters. The lowest BCUT2D eigenvalue weighted by molar-refractivity contribution is 0.637. The van der Waals surface area contributed by atoms with Crippen molar-refractivity contribution in [3.05, 3.63) is 94.1 Å². The van der Waals surface area contributed by atoms with Gasteiger partial charge in [-0.1, -0.05) is 50.3 Å². The van der Waals surface area contributed by atoms with Crippen LogP contribution in [0.5, 0.6) is 0 Å². The summed E-state index contributed by atoms with van der Waals surface area (Å²) in [6, 6.07) is 9.44. The summed E-state index contributed by atoms with van der Waals surface area (Å²) in [5, 5.41) is 0. The smallest absolute Gasteiger partial charge is 0.0146 e. The molecule has 0 nitrogen and oxygen atoms in total. The van der Waals surface area contributed by atoms with Crippen molar-refractivity contribution in [2.75, 3.05) is 0 Å². The van der Waals surface area contributed by atoms with E-state index in [1.807, 2.05) is 12.2 Å². The molecule has 132 valence electrons. The van der Waals surface area contributed by atoms with Gasteiger partial charge in [-0.05, 0) is 85.0 Å². The van der Waals surface area contributed by atoms with Gasteiger partial charge >= 0.3 is 0 Å². The van der Waals surface area contributed by atoms with E-state index in [1.165, 1.54) is 44.5 Å². The standard InChI is InChI=1S/C25H32/c1-9-11-21-15-23(13-17(3)19(21)5)25(7,8)24-14-18(4)20(6)22(16-24)12-10-2/h9-10,13-16H,1-2,11-12H2,3-8H3. The van der Waals surface area contributed by atoms with Gasteiger partial charge in [-0.15, -0.1) is 13.2 Å². The highest BCUT2D eigenvalue weighted by Gasteiger charge is 2.25. The predicted octanol–water partition coefficient (Wildman–Crippen LogP) is 6.70. The molecule has 0 aliphatic carbocycles. The van der Waals surface area contributed by atoms with E-state index < -0.39 is 0 Å². The van der Waals surface area contributed by atoms with Crippen molar-refractivity contribution in [3.63, 3.8) is 0 Å². The summed E-state index contributed by atoms with van der Waals surface area (Å²) < 4.78 is 0. The lowest BCUT2D eigenvalue weighted by Crippen LogP contribution is -2.20. The van der Waals surface area contributed by atoms with Crippen molar-refractivity contribution in [1.29, 1.82) is 0 Å². The number of rotatable bonds is 6. The maximum Gasteiger partial charge on any atom is 0.0146 e. The molecule has 2 rings (SSSR count). The fraction of sp³-hybridized carbons (Fsp3) is 0.360. The molecule has 0 N–H and O–H groups in total. The van der Waals surface area contributed by atoms with E-state index in [0.29, 0.717) is 0 Å². The van der Waals surface area contributed by atoms with Crippen LogP contribution in [0.3, 0.4) is 0 Å². The molecule has 0 heteroatoms. The Labute approximate surface area is 154 Å². The van der Waals surface area contributed by atoms with Crippen LogP contribution in [-0.4, -0.2) is 0 Å². The van der Waals surface area contributed by atoms with Crippen LogP contribution in [0.4, 0.5) is 0 Å². The quantitative estimate of drug-likeness (QED) is 0.516. The first-order valence-corrected chi connectivity index (χ1v) is 9.15. The Morgan fingerprint density at radius 2 is 1.08 bits per heavy atom. The van der Waals surface area contributed by atoms with Gasteiger partial charge in [-0.3, -0.25) is 0 Å². The van der Waals surface area contributed by atoms with Crippen molar-refractivity contribution in [2.45, 2.75) is 59.8 Å². The van der Waals surface area contributed by atoms with Crippen molar-refractivity contribution < 1.29 is 0 Å². The molecule has 0 unspecified atom stereocenters.